The van der Waals surface area contributed by atoms with E-state index in [-0.39, 0.29) is 17.2 Å². The van der Waals surface area contributed by atoms with Gasteiger partial charge < -0.3 is 9.88 Å². The summed E-state index contributed by atoms with van der Waals surface area (Å²) in [7, 11) is 1.33. The van der Waals surface area contributed by atoms with Gasteiger partial charge in [-0.05, 0) is 29.7 Å². The first-order valence-electron chi connectivity index (χ1n) is 9.93. The minimum absolute atomic E-state index is 0.0979. The molecule has 0 aliphatic rings. The van der Waals surface area contributed by atoms with Crippen molar-refractivity contribution in [1.82, 2.24) is 13.9 Å². The number of aryl methyl sites for hydroxylation is 2. The molecule has 0 aliphatic carbocycles. The molecule has 160 valence electrons. The highest BCUT2D eigenvalue weighted by Gasteiger charge is 2.19. The lowest BCUT2D eigenvalue weighted by atomic mass is 10.1. The van der Waals surface area contributed by atoms with Crippen molar-refractivity contribution < 1.29 is 13.2 Å². The maximum absolute atomic E-state index is 12.6. The summed E-state index contributed by atoms with van der Waals surface area (Å²) in [5.74, 6) is 0.627. The lowest BCUT2D eigenvalue weighted by Crippen LogP contribution is -2.22. The van der Waals surface area contributed by atoms with Crippen LogP contribution in [-0.2, 0) is 28.3 Å². The number of benzene rings is 3. The smallest absolute Gasteiger partial charge is 0.242 e. The highest BCUT2D eigenvalue weighted by molar-refractivity contribution is 7.89. The van der Waals surface area contributed by atoms with Crippen molar-refractivity contribution in [1.29, 1.82) is 0 Å². The summed E-state index contributed by atoms with van der Waals surface area (Å²) in [4.78, 5) is 17.4. The molecular weight excluding hydrogens is 412 g/mol. The summed E-state index contributed by atoms with van der Waals surface area (Å²) < 4.78 is 27.8. The first-order chi connectivity index (χ1) is 14.8. The van der Waals surface area contributed by atoms with Gasteiger partial charge in [0, 0.05) is 45.1 Å². The highest BCUT2D eigenvalue weighted by atomic mass is 32.2. The average Bonchev–Trinajstić information content (AvgIpc) is 3.07. The van der Waals surface area contributed by atoms with Gasteiger partial charge in [-0.2, -0.15) is 0 Å². The molecule has 0 fully saturated rings. The van der Waals surface area contributed by atoms with Gasteiger partial charge in [0.2, 0.25) is 15.9 Å². The van der Waals surface area contributed by atoms with Gasteiger partial charge in [0.1, 0.15) is 5.82 Å². The predicted molar refractivity (Wildman–Crippen MR) is 122 cm³/mol. The number of fused-ring (bicyclic) bond motifs is 2. The first kappa shape index (κ1) is 21.0. The van der Waals surface area contributed by atoms with Gasteiger partial charge >= 0.3 is 0 Å². The quantitative estimate of drug-likeness (QED) is 0.501. The third kappa shape index (κ3) is 4.04. The number of carbonyl (C=O) groups excluding carboxylic acids is 1. The van der Waals surface area contributed by atoms with E-state index in [4.69, 9.17) is 0 Å². The molecule has 0 unspecified atom stereocenters. The lowest BCUT2D eigenvalue weighted by molar-refractivity contribution is -0.116. The van der Waals surface area contributed by atoms with Crippen molar-refractivity contribution in [3.05, 3.63) is 66.5 Å². The minimum Gasteiger partial charge on any atom is -0.331 e. The molecule has 31 heavy (non-hydrogen) atoms. The molecule has 1 amide bonds. The Morgan fingerprint density at radius 3 is 2.58 bits per heavy atom. The molecule has 4 rings (SSSR count). The van der Waals surface area contributed by atoms with E-state index in [1.807, 2.05) is 54.1 Å². The van der Waals surface area contributed by atoms with E-state index in [1.165, 1.54) is 18.4 Å². The molecular formula is C23H24N4O3S. The van der Waals surface area contributed by atoms with Gasteiger partial charge in [-0.15, -0.1) is 0 Å². The number of nitrogens with one attached hydrogen (secondary N) is 1. The Kier molecular flexibility index (Phi) is 5.51. The van der Waals surface area contributed by atoms with E-state index in [2.05, 4.69) is 10.3 Å². The second-order valence-corrected chi connectivity index (χ2v) is 9.75. The van der Waals surface area contributed by atoms with Crippen LogP contribution >= 0.6 is 0 Å². The predicted octanol–water partition coefficient (Wildman–Crippen LogP) is 3.55. The molecule has 4 aromatic rings. The maximum atomic E-state index is 12.6. The van der Waals surface area contributed by atoms with Crippen LogP contribution in [0.5, 0.6) is 0 Å². The number of hydrogen-bond acceptors (Lipinski definition) is 4. The van der Waals surface area contributed by atoms with E-state index in [1.54, 1.807) is 18.2 Å². The van der Waals surface area contributed by atoms with Crippen molar-refractivity contribution in [2.24, 2.45) is 7.05 Å². The number of sulfonamides is 1. The second-order valence-electron chi connectivity index (χ2n) is 7.60. The fraction of sp³-hybridized carbons (Fsp3) is 0.217. The van der Waals surface area contributed by atoms with Gasteiger partial charge in [-0.3, -0.25) is 4.79 Å². The largest absolute Gasteiger partial charge is 0.331 e. The topological polar surface area (TPSA) is 84.3 Å². The highest BCUT2D eigenvalue weighted by Crippen LogP contribution is 2.24. The molecule has 8 heteroatoms. The van der Waals surface area contributed by atoms with Crippen LogP contribution < -0.4 is 5.32 Å². The van der Waals surface area contributed by atoms with Crippen molar-refractivity contribution in [2.45, 2.75) is 17.7 Å². The van der Waals surface area contributed by atoms with Crippen molar-refractivity contribution in [3.63, 3.8) is 0 Å². The average molecular weight is 437 g/mol. The summed E-state index contributed by atoms with van der Waals surface area (Å²) in [5, 5.41) is 5.05. The zero-order chi connectivity index (χ0) is 22.2. The van der Waals surface area contributed by atoms with E-state index >= 15 is 0 Å². The molecule has 0 atom stereocenters. The van der Waals surface area contributed by atoms with Crippen LogP contribution in [0.2, 0.25) is 0 Å². The zero-order valence-electron chi connectivity index (χ0n) is 17.7. The van der Waals surface area contributed by atoms with E-state index in [0.717, 1.165) is 27.8 Å². The lowest BCUT2D eigenvalue weighted by Gasteiger charge is -2.11. The van der Waals surface area contributed by atoms with Gasteiger partial charge in [0.05, 0.1) is 15.9 Å². The molecule has 1 N–H and O–H groups in total. The number of imidazole rings is 1. The van der Waals surface area contributed by atoms with Crippen LogP contribution in [0.15, 0.2) is 65.6 Å². The Labute approximate surface area is 181 Å². The number of anilines is 1. The molecule has 0 aliphatic heterocycles. The van der Waals surface area contributed by atoms with E-state index in [0.29, 0.717) is 11.9 Å². The molecule has 0 saturated heterocycles. The Morgan fingerprint density at radius 1 is 1.06 bits per heavy atom. The third-order valence-corrected chi connectivity index (χ3v) is 7.17. The van der Waals surface area contributed by atoms with E-state index < -0.39 is 10.0 Å². The second kappa shape index (κ2) is 8.13. The van der Waals surface area contributed by atoms with Crippen molar-refractivity contribution in [2.75, 3.05) is 19.4 Å². The minimum atomic E-state index is -3.53. The van der Waals surface area contributed by atoms with E-state index in [9.17, 15) is 13.2 Å². The molecule has 3 aromatic carbocycles. The normalized spacial score (nSPS) is 12.0. The monoisotopic (exact) mass is 436 g/mol. The van der Waals surface area contributed by atoms with Crippen LogP contribution in [-0.4, -0.2) is 42.3 Å². The van der Waals surface area contributed by atoms with Crippen molar-refractivity contribution >= 4 is 43.4 Å². The Bertz CT molecular complexity index is 1390. The Balaban J connectivity index is 1.52. The molecule has 0 radical (unpaired) electrons. The van der Waals surface area contributed by atoms with Crippen molar-refractivity contribution in [3.8, 4) is 0 Å². The standard InChI is InChI=1S/C23H24N4O3S/c1-26(2)31(29,30)17-11-12-21-20(15-17)24-22(27(21)3)13-14-23(28)25-19-10-6-8-16-7-4-5-9-18(16)19/h4-12,15H,13-14H2,1-3H3,(H,25,28). The number of rotatable bonds is 6. The summed E-state index contributed by atoms with van der Waals surface area (Å²) in [6, 6.07) is 18.6. The fourth-order valence-electron chi connectivity index (χ4n) is 3.60. The van der Waals surface area contributed by atoms with Gasteiger partial charge in [0.25, 0.3) is 0 Å². The fourth-order valence-corrected chi connectivity index (χ4v) is 4.52. The van der Waals surface area contributed by atoms with Crippen LogP contribution in [0.1, 0.15) is 12.2 Å². The molecule has 0 saturated carbocycles. The van der Waals surface area contributed by atoms with Gasteiger partial charge in [0.15, 0.2) is 0 Å². The number of hydrogen-bond donors (Lipinski definition) is 1. The molecule has 0 bridgehead atoms. The summed E-state index contributed by atoms with van der Waals surface area (Å²) in [6.07, 6.45) is 0.709. The van der Waals surface area contributed by atoms with Crippen LogP contribution in [0.3, 0.4) is 0 Å². The molecule has 1 aromatic heterocycles. The van der Waals surface area contributed by atoms with Gasteiger partial charge in [-0.1, -0.05) is 36.4 Å². The number of amides is 1. The zero-order valence-corrected chi connectivity index (χ0v) is 18.5. The Morgan fingerprint density at radius 2 is 1.81 bits per heavy atom. The first-order valence-corrected chi connectivity index (χ1v) is 11.4. The van der Waals surface area contributed by atoms with Gasteiger partial charge in [-0.25, -0.2) is 17.7 Å². The number of carbonyl (C=O) groups is 1. The van der Waals surface area contributed by atoms with Crippen LogP contribution in [0.25, 0.3) is 21.8 Å². The summed E-state index contributed by atoms with van der Waals surface area (Å²) >= 11 is 0. The molecule has 7 nitrogen and oxygen atoms in total. The third-order valence-electron chi connectivity index (χ3n) is 5.36. The summed E-state index contributed by atoms with van der Waals surface area (Å²) in [6.45, 7) is 0. The number of aromatic nitrogens is 2. The molecule has 0 spiro atoms. The maximum Gasteiger partial charge on any atom is 0.242 e. The summed E-state index contributed by atoms with van der Waals surface area (Å²) in [5.41, 5.74) is 2.20. The molecule has 1 heterocycles. The van der Waals surface area contributed by atoms with Crippen LogP contribution in [0, 0.1) is 0 Å². The van der Waals surface area contributed by atoms with Crippen LogP contribution in [0.4, 0.5) is 5.69 Å². The SMILES string of the molecule is CN(C)S(=O)(=O)c1ccc2c(c1)nc(CCC(=O)Nc1cccc3ccccc13)n2C. The Hall–Kier alpha value is -3.23. The number of nitrogens with zero attached hydrogens (tertiary/aromatic N) is 3.